The van der Waals surface area contributed by atoms with Crippen molar-refractivity contribution < 1.29 is 4.74 Å². The van der Waals surface area contributed by atoms with Crippen LogP contribution in [0.5, 0.6) is 5.88 Å². The van der Waals surface area contributed by atoms with Crippen LogP contribution in [0.3, 0.4) is 0 Å². The lowest BCUT2D eigenvalue weighted by Crippen LogP contribution is -2.41. The van der Waals surface area contributed by atoms with E-state index in [9.17, 15) is 0 Å². The summed E-state index contributed by atoms with van der Waals surface area (Å²) < 4.78 is 6.04. The Kier molecular flexibility index (Phi) is 3.92. The molecule has 130 valence electrons. The van der Waals surface area contributed by atoms with Crippen molar-refractivity contribution >= 4 is 17.2 Å². The summed E-state index contributed by atoms with van der Waals surface area (Å²) in [5.74, 6) is 1.41. The molecule has 0 amide bonds. The van der Waals surface area contributed by atoms with Crippen molar-refractivity contribution in [1.29, 1.82) is 0 Å². The second kappa shape index (κ2) is 6.11. The van der Waals surface area contributed by atoms with Crippen LogP contribution >= 0.6 is 0 Å². The molecule has 3 heterocycles. The average Bonchev–Trinajstić information content (AvgIpc) is 2.62. The summed E-state index contributed by atoms with van der Waals surface area (Å²) in [6.07, 6.45) is 3.78. The molecule has 25 heavy (non-hydrogen) atoms. The Morgan fingerprint density at radius 2 is 1.84 bits per heavy atom. The van der Waals surface area contributed by atoms with Crippen LogP contribution in [0.1, 0.15) is 43.7 Å². The van der Waals surface area contributed by atoms with Gasteiger partial charge in [-0.25, -0.2) is 9.98 Å². The Bertz CT molecular complexity index is 807. The van der Waals surface area contributed by atoms with Crippen LogP contribution in [0.2, 0.25) is 0 Å². The number of aromatic nitrogens is 2. The molecule has 1 aromatic carbocycles. The van der Waals surface area contributed by atoms with Crippen LogP contribution in [-0.4, -0.2) is 34.4 Å². The highest BCUT2D eigenvalue weighted by Gasteiger charge is 2.35. The van der Waals surface area contributed by atoms with E-state index in [0.29, 0.717) is 23.3 Å². The number of nitrogen functional groups attached to an aromatic ring is 1. The number of rotatable bonds is 2. The van der Waals surface area contributed by atoms with Crippen LogP contribution < -0.4 is 15.8 Å². The number of hydrogen-bond acceptors (Lipinski definition) is 6. The van der Waals surface area contributed by atoms with Gasteiger partial charge in [0, 0.05) is 5.56 Å². The molecule has 0 radical (unpaired) electrons. The van der Waals surface area contributed by atoms with Crippen LogP contribution in [0.25, 0.3) is 0 Å². The minimum Gasteiger partial charge on any atom is -0.463 e. The molecule has 0 bridgehead atoms. The summed E-state index contributed by atoms with van der Waals surface area (Å²) in [4.78, 5) is 12.9. The van der Waals surface area contributed by atoms with E-state index in [-0.39, 0.29) is 0 Å². The highest BCUT2D eigenvalue weighted by Crippen LogP contribution is 2.39. The molecular weight excluding hydrogens is 314 g/mol. The number of hydrogen-bond donors (Lipinski definition) is 2. The Balaban J connectivity index is 1.69. The molecule has 2 aromatic rings. The summed E-state index contributed by atoms with van der Waals surface area (Å²) in [5.41, 5.74) is 9.16. The highest BCUT2D eigenvalue weighted by atomic mass is 16.5. The number of nitrogens with two attached hydrogens (primary N) is 1. The van der Waals surface area contributed by atoms with Gasteiger partial charge >= 0.3 is 0 Å². The fourth-order valence-corrected chi connectivity index (χ4v) is 3.57. The maximum atomic E-state index is 6.04. The number of fused-ring (bicyclic) bond motifs is 1. The molecule has 0 saturated carbocycles. The molecule has 1 saturated heterocycles. The predicted molar refractivity (Wildman–Crippen MR) is 98.6 cm³/mol. The first-order valence-electron chi connectivity index (χ1n) is 8.74. The second-order valence-electron chi connectivity index (χ2n) is 7.13. The number of nitrogens with one attached hydrogen (secondary N) is 1. The van der Waals surface area contributed by atoms with Crippen molar-refractivity contribution in [3.8, 4) is 5.88 Å². The lowest BCUT2D eigenvalue weighted by Gasteiger charge is -2.32. The third kappa shape index (κ3) is 2.98. The summed E-state index contributed by atoms with van der Waals surface area (Å²) in [6.45, 7) is 6.17. The first-order valence-corrected chi connectivity index (χ1v) is 8.74. The largest absolute Gasteiger partial charge is 0.463 e. The Morgan fingerprint density at radius 1 is 1.12 bits per heavy atom. The summed E-state index contributed by atoms with van der Waals surface area (Å²) in [6, 6.07) is 8.69. The van der Waals surface area contributed by atoms with E-state index >= 15 is 0 Å². The Morgan fingerprint density at radius 3 is 2.56 bits per heavy atom. The zero-order valence-corrected chi connectivity index (χ0v) is 14.6. The van der Waals surface area contributed by atoms with E-state index in [1.807, 2.05) is 13.8 Å². The molecule has 6 heteroatoms. The normalized spacial score (nSPS) is 19.7. The molecule has 4 rings (SSSR count). The first kappa shape index (κ1) is 16.0. The molecule has 0 spiro atoms. The molecule has 1 fully saturated rings. The topological polar surface area (TPSA) is 85.4 Å². The third-order valence-corrected chi connectivity index (χ3v) is 4.96. The van der Waals surface area contributed by atoms with Gasteiger partial charge in [-0.15, -0.1) is 0 Å². The second-order valence-corrected chi connectivity index (χ2v) is 7.13. The number of aliphatic imine (C=N–C) groups is 1. The van der Waals surface area contributed by atoms with Crippen LogP contribution in [-0.2, 0) is 0 Å². The third-order valence-electron chi connectivity index (χ3n) is 4.96. The van der Waals surface area contributed by atoms with E-state index in [1.165, 1.54) is 24.7 Å². The minimum atomic E-state index is -0.579. The van der Waals surface area contributed by atoms with Gasteiger partial charge in [0.05, 0.1) is 5.71 Å². The molecule has 2 aliphatic heterocycles. The zero-order valence-electron chi connectivity index (χ0n) is 14.6. The van der Waals surface area contributed by atoms with Gasteiger partial charge in [-0.05, 0) is 51.3 Å². The number of ether oxygens (including phenoxy) is 1. The molecule has 3 N–H and O–H groups in total. The Labute approximate surface area is 147 Å². The number of piperidine rings is 1. The quantitative estimate of drug-likeness (QED) is 0.880. The summed E-state index contributed by atoms with van der Waals surface area (Å²) in [5, 5.41) is 3.41. The van der Waals surface area contributed by atoms with Crippen molar-refractivity contribution in [2.24, 2.45) is 4.99 Å². The fraction of sp³-hybridized carbons (Fsp3) is 0.421. The monoisotopic (exact) mass is 337 g/mol. The number of nitrogens with zero attached hydrogens (tertiary/aromatic N) is 3. The highest BCUT2D eigenvalue weighted by molar-refractivity contribution is 6.09. The van der Waals surface area contributed by atoms with Gasteiger partial charge in [-0.1, -0.05) is 24.3 Å². The van der Waals surface area contributed by atoms with Gasteiger partial charge in [0.1, 0.15) is 11.9 Å². The van der Waals surface area contributed by atoms with Crippen molar-refractivity contribution in [3.05, 3.63) is 41.7 Å². The summed E-state index contributed by atoms with van der Waals surface area (Å²) in [7, 11) is 0. The minimum absolute atomic E-state index is 0.337. The van der Waals surface area contributed by atoms with Gasteiger partial charge in [-0.3, -0.25) is 0 Å². The van der Waals surface area contributed by atoms with E-state index < -0.39 is 5.60 Å². The fourth-order valence-electron chi connectivity index (χ4n) is 3.57. The zero-order chi connectivity index (χ0) is 17.4. The van der Waals surface area contributed by atoms with E-state index in [1.54, 1.807) is 0 Å². The van der Waals surface area contributed by atoms with Crippen LogP contribution in [0.4, 0.5) is 11.5 Å². The van der Waals surface area contributed by atoms with Crippen molar-refractivity contribution in [2.45, 2.75) is 38.2 Å². The molecule has 0 atom stereocenters. The summed E-state index contributed by atoms with van der Waals surface area (Å²) >= 11 is 0. The molecule has 0 unspecified atom stereocenters. The van der Waals surface area contributed by atoms with Gasteiger partial charge in [0.2, 0.25) is 5.88 Å². The van der Waals surface area contributed by atoms with E-state index in [4.69, 9.17) is 15.5 Å². The van der Waals surface area contributed by atoms with E-state index in [0.717, 1.165) is 24.4 Å². The Hall–Kier alpha value is -2.47. The maximum Gasteiger partial charge on any atom is 0.246 e. The molecular formula is C19H23N5O. The van der Waals surface area contributed by atoms with Crippen molar-refractivity contribution in [2.75, 3.05) is 18.8 Å². The lowest BCUT2D eigenvalue weighted by atomic mass is 9.88. The van der Waals surface area contributed by atoms with Crippen LogP contribution in [0.15, 0.2) is 35.6 Å². The molecule has 6 nitrogen and oxygen atoms in total. The number of anilines is 1. The standard InChI is InChI=1S/C19H23N5O/c1-19(2)16(24-15-17(20)22-11-23-18(15)25-19)14-5-3-12(4-6-14)13-7-9-21-10-8-13/h3-6,11,13,21H,7-10H2,1-2H3,(H2,20,22,23). The predicted octanol–water partition coefficient (Wildman–Crippen LogP) is 2.82. The van der Waals surface area contributed by atoms with Gasteiger partial charge in [-0.2, -0.15) is 4.98 Å². The van der Waals surface area contributed by atoms with Crippen LogP contribution in [0, 0.1) is 0 Å². The maximum absolute atomic E-state index is 6.04. The smallest absolute Gasteiger partial charge is 0.246 e. The molecule has 1 aromatic heterocycles. The first-order chi connectivity index (χ1) is 12.0. The van der Waals surface area contributed by atoms with E-state index in [2.05, 4.69) is 39.6 Å². The van der Waals surface area contributed by atoms with Gasteiger partial charge in [0.25, 0.3) is 0 Å². The van der Waals surface area contributed by atoms with Gasteiger partial charge in [0.15, 0.2) is 11.5 Å². The molecule has 2 aliphatic rings. The van der Waals surface area contributed by atoms with Crippen molar-refractivity contribution in [3.63, 3.8) is 0 Å². The SMILES string of the molecule is CC1(C)Oc2ncnc(N)c2N=C1c1ccc(C2CCNCC2)cc1. The van der Waals surface area contributed by atoms with Crippen molar-refractivity contribution in [1.82, 2.24) is 15.3 Å². The molecule has 0 aliphatic carbocycles. The lowest BCUT2D eigenvalue weighted by molar-refractivity contribution is 0.171. The number of benzene rings is 1. The average molecular weight is 337 g/mol. The van der Waals surface area contributed by atoms with Gasteiger partial charge < -0.3 is 15.8 Å².